The lowest BCUT2D eigenvalue weighted by Crippen LogP contribution is -2.28. The highest BCUT2D eigenvalue weighted by Crippen LogP contribution is 2.24. The summed E-state index contributed by atoms with van der Waals surface area (Å²) in [5.41, 5.74) is -0.148. The van der Waals surface area contributed by atoms with E-state index < -0.39 is 20.7 Å². The first-order valence-corrected chi connectivity index (χ1v) is 9.34. The molecule has 7 nitrogen and oxygen atoms in total. The smallest absolute Gasteiger partial charge is 0.266 e. The molecule has 8 heteroatoms. The molecule has 0 saturated carbocycles. The van der Waals surface area contributed by atoms with E-state index in [2.05, 4.69) is 4.36 Å². The van der Waals surface area contributed by atoms with Gasteiger partial charge in [0.2, 0.25) is 0 Å². The van der Waals surface area contributed by atoms with Gasteiger partial charge in [-0.1, -0.05) is 24.3 Å². The molecule has 3 rings (SSSR count). The van der Waals surface area contributed by atoms with E-state index in [1.54, 1.807) is 34.6 Å². The van der Waals surface area contributed by atoms with Crippen LogP contribution in [-0.2, 0) is 9.92 Å². The Hall–Kier alpha value is -2.58. The van der Waals surface area contributed by atoms with Crippen LogP contribution in [0.5, 0.6) is 0 Å². The number of non-ortho nitro benzene ring substituents is 1. The Balaban J connectivity index is 2.07. The minimum Gasteiger partial charge on any atom is -0.266 e. The molecule has 0 aromatic heterocycles. The summed E-state index contributed by atoms with van der Waals surface area (Å²) in [6.07, 6.45) is 1.79. The van der Waals surface area contributed by atoms with E-state index in [1.807, 2.05) is 0 Å². The van der Waals surface area contributed by atoms with E-state index >= 15 is 0 Å². The third-order valence-corrected chi connectivity index (χ3v) is 6.34. The fourth-order valence-corrected chi connectivity index (χ4v) is 4.82. The van der Waals surface area contributed by atoms with Gasteiger partial charge in [0, 0.05) is 30.8 Å². The number of hydrogen-bond donors (Lipinski definition) is 0. The summed E-state index contributed by atoms with van der Waals surface area (Å²) < 4.78 is 19.3. The van der Waals surface area contributed by atoms with Gasteiger partial charge in [0.1, 0.15) is 9.92 Å². The van der Waals surface area contributed by atoms with E-state index in [1.165, 1.54) is 18.2 Å². The van der Waals surface area contributed by atoms with Crippen molar-refractivity contribution >= 4 is 21.5 Å². The van der Waals surface area contributed by atoms with Gasteiger partial charge in [-0.3, -0.25) is 14.9 Å². The van der Waals surface area contributed by atoms with Crippen LogP contribution in [0.3, 0.4) is 0 Å². The molecule has 0 bridgehead atoms. The first-order valence-electron chi connectivity index (χ1n) is 7.87. The van der Waals surface area contributed by atoms with Crippen LogP contribution in [0, 0.1) is 10.1 Å². The van der Waals surface area contributed by atoms with Gasteiger partial charge in [0.25, 0.3) is 11.6 Å². The van der Waals surface area contributed by atoms with Crippen molar-refractivity contribution in [3.8, 4) is 0 Å². The van der Waals surface area contributed by atoms with Crippen molar-refractivity contribution in [3.05, 3.63) is 70.3 Å². The number of carbonyl (C=O) groups is 1. The fourth-order valence-electron chi connectivity index (χ4n) is 2.71. The molecule has 1 aliphatic rings. The topological polar surface area (TPSA) is 92.9 Å². The molecule has 1 atom stereocenters. The zero-order chi connectivity index (χ0) is 17.9. The summed E-state index contributed by atoms with van der Waals surface area (Å²) in [4.78, 5) is 23.4. The van der Waals surface area contributed by atoms with Crippen molar-refractivity contribution in [2.45, 2.75) is 17.7 Å². The van der Waals surface area contributed by atoms with Gasteiger partial charge in [-0.05, 0) is 31.0 Å². The second-order valence-electron chi connectivity index (χ2n) is 5.65. The zero-order valence-electron chi connectivity index (χ0n) is 13.4. The van der Waals surface area contributed by atoms with Crippen LogP contribution in [0.15, 0.2) is 63.9 Å². The molecule has 0 spiro atoms. The largest absolute Gasteiger partial charge is 0.286 e. The van der Waals surface area contributed by atoms with Gasteiger partial charge in [-0.25, -0.2) is 8.51 Å². The second kappa shape index (κ2) is 7.12. The number of hydrogen-bond acceptors (Lipinski definition) is 4. The van der Waals surface area contributed by atoms with E-state index in [0.717, 1.165) is 18.9 Å². The lowest BCUT2D eigenvalue weighted by atomic mass is 10.2. The molecule has 25 heavy (non-hydrogen) atoms. The maximum atomic E-state index is 13.6. The van der Waals surface area contributed by atoms with E-state index in [-0.39, 0.29) is 11.3 Å². The summed E-state index contributed by atoms with van der Waals surface area (Å²) in [5.74, 6) is -0.718. The third kappa shape index (κ3) is 3.59. The molecule has 1 fully saturated rings. The van der Waals surface area contributed by atoms with Crippen LogP contribution in [-0.4, -0.2) is 32.4 Å². The number of benzene rings is 2. The third-order valence-electron chi connectivity index (χ3n) is 3.98. The van der Waals surface area contributed by atoms with E-state index in [9.17, 15) is 19.1 Å². The molecule has 1 aliphatic heterocycles. The Morgan fingerprint density at radius 2 is 1.76 bits per heavy atom. The van der Waals surface area contributed by atoms with E-state index in [0.29, 0.717) is 18.0 Å². The molecule has 130 valence electrons. The fraction of sp³-hybridized carbons (Fsp3) is 0.235. The average Bonchev–Trinajstić information content (AvgIpc) is 3.18. The minimum atomic E-state index is -3.09. The maximum absolute atomic E-state index is 13.6. The van der Waals surface area contributed by atoms with Gasteiger partial charge in [-0.2, -0.15) is 0 Å². The summed E-state index contributed by atoms with van der Waals surface area (Å²) in [6, 6.07) is 14.0. The molecule has 2 aromatic rings. The molecule has 0 radical (unpaired) electrons. The normalized spacial score (nSPS) is 17.0. The van der Waals surface area contributed by atoms with Crippen molar-refractivity contribution < 1.29 is 13.9 Å². The summed E-state index contributed by atoms with van der Waals surface area (Å²) in [7, 11) is -3.09. The summed E-state index contributed by atoms with van der Waals surface area (Å²) in [5, 5.41) is 10.9. The highest BCUT2D eigenvalue weighted by molar-refractivity contribution is 7.91. The summed E-state index contributed by atoms with van der Waals surface area (Å²) >= 11 is 0. The Morgan fingerprint density at radius 1 is 1.08 bits per heavy atom. The minimum absolute atomic E-state index is 0.0528. The predicted octanol–water partition coefficient (Wildman–Crippen LogP) is 3.27. The number of nitro benzene ring substituents is 1. The van der Waals surface area contributed by atoms with Crippen molar-refractivity contribution in [2.75, 3.05) is 13.1 Å². The van der Waals surface area contributed by atoms with Gasteiger partial charge < -0.3 is 0 Å². The molecule has 1 amide bonds. The molecule has 1 saturated heterocycles. The highest BCUT2D eigenvalue weighted by atomic mass is 32.2. The Morgan fingerprint density at radius 3 is 2.40 bits per heavy atom. The van der Waals surface area contributed by atoms with Crippen LogP contribution >= 0.6 is 0 Å². The molecule has 0 N–H and O–H groups in total. The molecule has 2 aromatic carbocycles. The van der Waals surface area contributed by atoms with Crippen LogP contribution in [0.4, 0.5) is 5.69 Å². The van der Waals surface area contributed by atoms with Crippen molar-refractivity contribution in [3.63, 3.8) is 0 Å². The van der Waals surface area contributed by atoms with Crippen LogP contribution in [0.1, 0.15) is 23.2 Å². The monoisotopic (exact) mass is 359 g/mol. The van der Waals surface area contributed by atoms with Crippen molar-refractivity contribution in [1.82, 2.24) is 4.31 Å². The molecular formula is C17H17N3O4S. The van der Waals surface area contributed by atoms with Crippen LogP contribution in [0.2, 0.25) is 0 Å². The average molecular weight is 359 g/mol. The lowest BCUT2D eigenvalue weighted by Gasteiger charge is -2.20. The van der Waals surface area contributed by atoms with Crippen LogP contribution in [0.25, 0.3) is 0 Å². The Bertz CT molecular complexity index is 915. The van der Waals surface area contributed by atoms with E-state index in [4.69, 9.17) is 0 Å². The maximum Gasteiger partial charge on any atom is 0.286 e. The first kappa shape index (κ1) is 17.2. The number of nitrogens with zero attached hydrogens (tertiary/aromatic N) is 3. The standard InChI is InChI=1S/C17H17N3O4S/c21-17(14-7-6-8-15(13-14)20(22)23)18-25(24,19-11-4-5-12-19)16-9-2-1-3-10-16/h1-3,6-10,13H,4-5,11-12H2. The quantitative estimate of drug-likeness (QED) is 0.618. The zero-order valence-corrected chi connectivity index (χ0v) is 14.2. The Kier molecular flexibility index (Phi) is 4.91. The molecule has 1 heterocycles. The molecule has 1 unspecified atom stereocenters. The second-order valence-corrected chi connectivity index (χ2v) is 7.81. The first-order chi connectivity index (χ1) is 12.0. The van der Waals surface area contributed by atoms with Gasteiger partial charge >= 0.3 is 0 Å². The van der Waals surface area contributed by atoms with Gasteiger partial charge in [-0.15, -0.1) is 4.36 Å². The van der Waals surface area contributed by atoms with Crippen molar-refractivity contribution in [1.29, 1.82) is 0 Å². The van der Waals surface area contributed by atoms with Gasteiger partial charge in [0.05, 0.1) is 9.82 Å². The number of nitro groups is 1. The van der Waals surface area contributed by atoms with Crippen LogP contribution < -0.4 is 0 Å². The number of carbonyl (C=O) groups excluding carboxylic acids is 1. The number of amides is 1. The summed E-state index contributed by atoms with van der Waals surface area (Å²) in [6.45, 7) is 1.19. The molecule has 0 aliphatic carbocycles. The lowest BCUT2D eigenvalue weighted by molar-refractivity contribution is -0.384. The Labute approximate surface area is 145 Å². The van der Waals surface area contributed by atoms with Crippen molar-refractivity contribution in [2.24, 2.45) is 4.36 Å². The SMILES string of the molecule is O=C(N=S(=O)(c1ccccc1)N1CCCC1)c1cccc([N+](=O)[O-])c1. The van der Waals surface area contributed by atoms with Gasteiger partial charge in [0.15, 0.2) is 0 Å². The highest BCUT2D eigenvalue weighted by Gasteiger charge is 2.27. The number of rotatable bonds is 4. The molecular weight excluding hydrogens is 342 g/mol. The predicted molar refractivity (Wildman–Crippen MR) is 93.5 cm³/mol.